The molecule has 1 saturated carbocycles. The van der Waals surface area contributed by atoms with Gasteiger partial charge in [-0.05, 0) is 18.4 Å². The van der Waals surface area contributed by atoms with Crippen molar-refractivity contribution in [1.29, 1.82) is 0 Å². The highest BCUT2D eigenvalue weighted by Gasteiger charge is 2.27. The van der Waals surface area contributed by atoms with E-state index in [1.54, 1.807) is 0 Å². The molecule has 98 valence electrons. The zero-order valence-corrected chi connectivity index (χ0v) is 11.1. The van der Waals surface area contributed by atoms with Gasteiger partial charge in [0.1, 0.15) is 0 Å². The van der Waals surface area contributed by atoms with E-state index in [1.807, 2.05) is 0 Å². The van der Waals surface area contributed by atoms with Crippen molar-refractivity contribution < 1.29 is 0 Å². The van der Waals surface area contributed by atoms with E-state index in [1.165, 1.54) is 50.8 Å². The Morgan fingerprint density at radius 1 is 1.00 bits per heavy atom. The van der Waals surface area contributed by atoms with Crippen molar-refractivity contribution in [3.05, 3.63) is 35.9 Å². The molecule has 0 spiro atoms. The summed E-state index contributed by atoms with van der Waals surface area (Å²) in [4.78, 5) is 2.73. The minimum absolute atomic E-state index is 0.530. The molecular formula is C16H24N2. The Morgan fingerprint density at radius 2 is 1.78 bits per heavy atom. The van der Waals surface area contributed by atoms with Crippen LogP contribution in [0.4, 0.5) is 0 Å². The number of hydrogen-bond donors (Lipinski definition) is 1. The summed E-state index contributed by atoms with van der Waals surface area (Å²) in [6, 6.07) is 12.3. The van der Waals surface area contributed by atoms with Gasteiger partial charge in [-0.2, -0.15) is 0 Å². The lowest BCUT2D eigenvalue weighted by atomic mass is 9.92. The number of nitrogens with one attached hydrogen (secondary N) is 1. The minimum atomic E-state index is 0.530. The Bertz CT molecular complexity index is 357. The van der Waals surface area contributed by atoms with Crippen LogP contribution in [-0.2, 0) is 0 Å². The maximum atomic E-state index is 3.66. The monoisotopic (exact) mass is 244 g/mol. The van der Waals surface area contributed by atoms with Crippen molar-refractivity contribution in [2.24, 2.45) is 0 Å². The first kappa shape index (κ1) is 12.2. The van der Waals surface area contributed by atoms with Gasteiger partial charge in [0, 0.05) is 31.7 Å². The molecule has 1 heterocycles. The van der Waals surface area contributed by atoms with Crippen LogP contribution in [0.5, 0.6) is 0 Å². The van der Waals surface area contributed by atoms with Gasteiger partial charge < -0.3 is 5.32 Å². The second-order valence-corrected chi connectivity index (χ2v) is 5.70. The fourth-order valence-electron chi connectivity index (χ4n) is 3.46. The Kier molecular flexibility index (Phi) is 3.96. The SMILES string of the molecule is c1ccc(C2CN(C3CCCCC3)CCN2)cc1. The first-order valence-electron chi connectivity index (χ1n) is 7.46. The van der Waals surface area contributed by atoms with E-state index in [4.69, 9.17) is 0 Å². The molecule has 1 saturated heterocycles. The molecule has 1 aromatic rings. The van der Waals surface area contributed by atoms with Crippen molar-refractivity contribution >= 4 is 0 Å². The maximum absolute atomic E-state index is 3.66. The summed E-state index contributed by atoms with van der Waals surface area (Å²) in [6.45, 7) is 3.55. The number of hydrogen-bond acceptors (Lipinski definition) is 2. The molecule has 1 N–H and O–H groups in total. The van der Waals surface area contributed by atoms with Crippen LogP contribution in [0.15, 0.2) is 30.3 Å². The Morgan fingerprint density at radius 3 is 2.56 bits per heavy atom. The van der Waals surface area contributed by atoms with Crippen LogP contribution in [0.25, 0.3) is 0 Å². The van der Waals surface area contributed by atoms with Crippen LogP contribution in [0.2, 0.25) is 0 Å². The summed E-state index contributed by atoms with van der Waals surface area (Å²) < 4.78 is 0. The average Bonchev–Trinajstić information content (AvgIpc) is 2.49. The lowest BCUT2D eigenvalue weighted by Gasteiger charge is -2.40. The topological polar surface area (TPSA) is 15.3 Å². The molecule has 1 unspecified atom stereocenters. The van der Waals surface area contributed by atoms with E-state index in [0.29, 0.717) is 6.04 Å². The van der Waals surface area contributed by atoms with Crippen LogP contribution in [0.3, 0.4) is 0 Å². The molecular weight excluding hydrogens is 220 g/mol. The van der Waals surface area contributed by atoms with Crippen LogP contribution >= 0.6 is 0 Å². The van der Waals surface area contributed by atoms with Gasteiger partial charge in [-0.15, -0.1) is 0 Å². The molecule has 2 fully saturated rings. The molecule has 1 atom stereocenters. The van der Waals surface area contributed by atoms with Crippen molar-refractivity contribution in [1.82, 2.24) is 10.2 Å². The normalized spacial score (nSPS) is 27.2. The summed E-state index contributed by atoms with van der Waals surface area (Å²) in [5.41, 5.74) is 1.44. The Balaban J connectivity index is 1.64. The standard InChI is InChI=1S/C16H24N2/c1-3-7-14(8-4-1)16-13-18(12-11-17-16)15-9-5-2-6-10-15/h1,3-4,7-8,15-17H,2,5-6,9-13H2. The number of rotatable bonds is 2. The Labute approximate surface area is 110 Å². The zero-order valence-electron chi connectivity index (χ0n) is 11.1. The van der Waals surface area contributed by atoms with Gasteiger partial charge in [0.05, 0.1) is 0 Å². The molecule has 18 heavy (non-hydrogen) atoms. The van der Waals surface area contributed by atoms with Crippen molar-refractivity contribution in [2.45, 2.75) is 44.2 Å². The Hall–Kier alpha value is -0.860. The summed E-state index contributed by atoms with van der Waals surface area (Å²) in [5, 5.41) is 3.66. The van der Waals surface area contributed by atoms with Gasteiger partial charge in [0.25, 0.3) is 0 Å². The highest BCUT2D eigenvalue weighted by molar-refractivity contribution is 5.19. The zero-order chi connectivity index (χ0) is 12.2. The second kappa shape index (κ2) is 5.85. The molecule has 0 bridgehead atoms. The van der Waals surface area contributed by atoms with Crippen molar-refractivity contribution in [3.63, 3.8) is 0 Å². The highest BCUT2D eigenvalue weighted by atomic mass is 15.2. The molecule has 1 aromatic carbocycles. The number of benzene rings is 1. The molecule has 1 aliphatic heterocycles. The number of nitrogens with zero attached hydrogens (tertiary/aromatic N) is 1. The van der Waals surface area contributed by atoms with E-state index in [2.05, 4.69) is 40.5 Å². The lowest BCUT2D eigenvalue weighted by molar-refractivity contribution is 0.115. The molecule has 2 heteroatoms. The van der Waals surface area contributed by atoms with Gasteiger partial charge in [0.2, 0.25) is 0 Å². The van der Waals surface area contributed by atoms with Gasteiger partial charge in [0.15, 0.2) is 0 Å². The molecule has 0 aromatic heterocycles. The van der Waals surface area contributed by atoms with Crippen molar-refractivity contribution in [3.8, 4) is 0 Å². The van der Waals surface area contributed by atoms with Crippen LogP contribution < -0.4 is 5.32 Å². The second-order valence-electron chi connectivity index (χ2n) is 5.70. The van der Waals surface area contributed by atoms with Crippen LogP contribution in [-0.4, -0.2) is 30.6 Å². The summed E-state index contributed by atoms with van der Waals surface area (Å²) in [6.07, 6.45) is 7.16. The summed E-state index contributed by atoms with van der Waals surface area (Å²) in [5.74, 6) is 0. The third kappa shape index (κ3) is 2.76. The third-order valence-electron chi connectivity index (χ3n) is 4.50. The lowest BCUT2D eigenvalue weighted by Crippen LogP contribution is -2.50. The average molecular weight is 244 g/mol. The molecule has 0 radical (unpaired) electrons. The van der Waals surface area contributed by atoms with Crippen LogP contribution in [0.1, 0.15) is 43.7 Å². The van der Waals surface area contributed by atoms with E-state index in [0.717, 1.165) is 12.6 Å². The molecule has 2 nitrogen and oxygen atoms in total. The van der Waals surface area contributed by atoms with E-state index < -0.39 is 0 Å². The fourth-order valence-corrected chi connectivity index (χ4v) is 3.46. The molecule has 0 amide bonds. The first-order chi connectivity index (χ1) is 8.93. The van der Waals surface area contributed by atoms with E-state index in [9.17, 15) is 0 Å². The summed E-state index contributed by atoms with van der Waals surface area (Å²) in [7, 11) is 0. The third-order valence-corrected chi connectivity index (χ3v) is 4.50. The van der Waals surface area contributed by atoms with Crippen LogP contribution in [0, 0.1) is 0 Å². The summed E-state index contributed by atoms with van der Waals surface area (Å²) >= 11 is 0. The van der Waals surface area contributed by atoms with E-state index in [-0.39, 0.29) is 0 Å². The first-order valence-corrected chi connectivity index (χ1v) is 7.46. The largest absolute Gasteiger partial charge is 0.308 e. The maximum Gasteiger partial charge on any atom is 0.0449 e. The van der Waals surface area contributed by atoms with Crippen molar-refractivity contribution in [2.75, 3.05) is 19.6 Å². The minimum Gasteiger partial charge on any atom is -0.308 e. The smallest absolute Gasteiger partial charge is 0.0449 e. The van der Waals surface area contributed by atoms with Gasteiger partial charge in [-0.3, -0.25) is 4.90 Å². The van der Waals surface area contributed by atoms with E-state index >= 15 is 0 Å². The molecule has 1 aliphatic carbocycles. The van der Waals surface area contributed by atoms with Gasteiger partial charge in [-0.1, -0.05) is 49.6 Å². The van der Waals surface area contributed by atoms with Gasteiger partial charge >= 0.3 is 0 Å². The number of piperazine rings is 1. The van der Waals surface area contributed by atoms with Gasteiger partial charge in [-0.25, -0.2) is 0 Å². The fraction of sp³-hybridized carbons (Fsp3) is 0.625. The predicted octanol–water partition coefficient (Wildman–Crippen LogP) is 2.97. The highest BCUT2D eigenvalue weighted by Crippen LogP contribution is 2.26. The molecule has 2 aliphatic rings. The molecule has 3 rings (SSSR count). The quantitative estimate of drug-likeness (QED) is 0.860. The predicted molar refractivity (Wildman–Crippen MR) is 75.6 cm³/mol.